The summed E-state index contributed by atoms with van der Waals surface area (Å²) in [6, 6.07) is 6.66. The van der Waals surface area contributed by atoms with Crippen LogP contribution in [-0.4, -0.2) is 36.1 Å². The van der Waals surface area contributed by atoms with Gasteiger partial charge < -0.3 is 5.32 Å². The summed E-state index contributed by atoms with van der Waals surface area (Å²) < 4.78 is 0. The highest BCUT2D eigenvalue weighted by Gasteiger charge is 2.21. The molecule has 1 aromatic heterocycles. The molecule has 1 N–H and O–H groups in total. The molecule has 1 aromatic rings. The molecule has 19 heavy (non-hydrogen) atoms. The van der Waals surface area contributed by atoms with E-state index in [9.17, 15) is 0 Å². The second kappa shape index (κ2) is 7.61. The fourth-order valence-electron chi connectivity index (χ4n) is 2.94. The molecule has 1 aliphatic heterocycles. The normalized spacial score (nSPS) is 18.7. The van der Waals surface area contributed by atoms with Gasteiger partial charge in [-0.2, -0.15) is 0 Å². The molecule has 0 aromatic carbocycles. The van der Waals surface area contributed by atoms with Gasteiger partial charge in [0, 0.05) is 18.8 Å². The molecular formula is C16H27N3. The number of rotatable bonds is 6. The van der Waals surface area contributed by atoms with Crippen LogP contribution in [-0.2, 0) is 0 Å². The average Bonchev–Trinajstić information content (AvgIpc) is 2.48. The van der Waals surface area contributed by atoms with Gasteiger partial charge >= 0.3 is 0 Å². The summed E-state index contributed by atoms with van der Waals surface area (Å²) in [5, 5.41) is 3.45. The molecule has 0 radical (unpaired) electrons. The van der Waals surface area contributed by atoms with Crippen LogP contribution in [0.4, 0.5) is 0 Å². The van der Waals surface area contributed by atoms with E-state index >= 15 is 0 Å². The Labute approximate surface area is 117 Å². The third kappa shape index (κ3) is 4.29. The van der Waals surface area contributed by atoms with Crippen molar-refractivity contribution < 1.29 is 0 Å². The van der Waals surface area contributed by atoms with Gasteiger partial charge in [-0.15, -0.1) is 0 Å². The van der Waals surface area contributed by atoms with Crippen LogP contribution in [0.3, 0.4) is 0 Å². The van der Waals surface area contributed by atoms with Gasteiger partial charge in [0.05, 0.1) is 5.69 Å². The van der Waals surface area contributed by atoms with Crippen LogP contribution in [0.25, 0.3) is 0 Å². The summed E-state index contributed by atoms with van der Waals surface area (Å²) in [6.45, 7) is 9.31. The molecule has 2 heterocycles. The Morgan fingerprint density at radius 3 is 2.79 bits per heavy atom. The van der Waals surface area contributed by atoms with Crippen molar-refractivity contribution in [2.75, 3.05) is 26.2 Å². The molecule has 106 valence electrons. The predicted molar refractivity (Wildman–Crippen MR) is 80.1 cm³/mol. The van der Waals surface area contributed by atoms with Gasteiger partial charge in [-0.1, -0.05) is 13.0 Å². The highest BCUT2D eigenvalue weighted by atomic mass is 15.2. The monoisotopic (exact) mass is 261 g/mol. The van der Waals surface area contributed by atoms with Gasteiger partial charge in [0.15, 0.2) is 0 Å². The van der Waals surface area contributed by atoms with Gasteiger partial charge in [-0.05, 0) is 63.9 Å². The van der Waals surface area contributed by atoms with Crippen LogP contribution in [0.1, 0.15) is 44.8 Å². The van der Waals surface area contributed by atoms with Crippen molar-refractivity contribution in [3.05, 3.63) is 30.1 Å². The number of piperidine rings is 1. The van der Waals surface area contributed by atoms with Gasteiger partial charge in [0.2, 0.25) is 0 Å². The van der Waals surface area contributed by atoms with E-state index in [0.717, 1.165) is 5.92 Å². The minimum Gasteiger partial charge on any atom is -0.317 e. The Hall–Kier alpha value is -0.930. The van der Waals surface area contributed by atoms with Crippen molar-refractivity contribution in [3.63, 3.8) is 0 Å². The molecule has 0 spiro atoms. The van der Waals surface area contributed by atoms with E-state index in [1.807, 2.05) is 12.3 Å². The zero-order valence-electron chi connectivity index (χ0n) is 12.3. The standard InChI is InChI=1S/C16H27N3/c1-3-12-19(13-15-7-10-17-11-8-15)14(2)16-6-4-5-9-18-16/h4-6,9,14-15,17H,3,7-8,10-13H2,1-2H3. The lowest BCUT2D eigenvalue weighted by Crippen LogP contribution is -2.38. The lowest BCUT2D eigenvalue weighted by atomic mass is 9.96. The minimum atomic E-state index is 0.427. The molecule has 3 heteroatoms. The first-order valence-electron chi connectivity index (χ1n) is 7.67. The third-order valence-corrected chi connectivity index (χ3v) is 4.13. The number of nitrogens with one attached hydrogen (secondary N) is 1. The zero-order valence-corrected chi connectivity index (χ0v) is 12.3. The Morgan fingerprint density at radius 1 is 1.37 bits per heavy atom. The molecule has 1 aliphatic rings. The Balaban J connectivity index is 1.97. The molecule has 1 saturated heterocycles. The highest BCUT2D eigenvalue weighted by molar-refractivity contribution is 5.08. The molecule has 1 unspecified atom stereocenters. The second-order valence-corrected chi connectivity index (χ2v) is 5.62. The summed E-state index contributed by atoms with van der Waals surface area (Å²) in [6.07, 6.45) is 5.74. The smallest absolute Gasteiger partial charge is 0.0572 e. The summed E-state index contributed by atoms with van der Waals surface area (Å²) in [7, 11) is 0. The molecule has 1 fully saturated rings. The highest BCUT2D eigenvalue weighted by Crippen LogP contribution is 2.22. The van der Waals surface area contributed by atoms with Gasteiger partial charge in [-0.25, -0.2) is 0 Å². The fourth-order valence-corrected chi connectivity index (χ4v) is 2.94. The minimum absolute atomic E-state index is 0.427. The maximum Gasteiger partial charge on any atom is 0.0572 e. The summed E-state index contributed by atoms with van der Waals surface area (Å²) in [4.78, 5) is 7.13. The van der Waals surface area contributed by atoms with Crippen LogP contribution in [0.5, 0.6) is 0 Å². The summed E-state index contributed by atoms with van der Waals surface area (Å²) in [5.74, 6) is 0.846. The van der Waals surface area contributed by atoms with Crippen LogP contribution in [0.2, 0.25) is 0 Å². The van der Waals surface area contributed by atoms with E-state index in [1.165, 1.54) is 51.1 Å². The van der Waals surface area contributed by atoms with Crippen molar-refractivity contribution in [1.82, 2.24) is 15.2 Å². The van der Waals surface area contributed by atoms with Crippen LogP contribution in [0, 0.1) is 5.92 Å². The van der Waals surface area contributed by atoms with Crippen molar-refractivity contribution in [2.24, 2.45) is 5.92 Å². The van der Waals surface area contributed by atoms with Crippen molar-refractivity contribution in [1.29, 1.82) is 0 Å². The topological polar surface area (TPSA) is 28.2 Å². The molecule has 1 atom stereocenters. The quantitative estimate of drug-likeness (QED) is 0.853. The molecular weight excluding hydrogens is 234 g/mol. The van der Waals surface area contributed by atoms with E-state index in [2.05, 4.69) is 41.2 Å². The van der Waals surface area contributed by atoms with Gasteiger partial charge in [0.1, 0.15) is 0 Å². The molecule has 0 bridgehead atoms. The third-order valence-electron chi connectivity index (χ3n) is 4.13. The van der Waals surface area contributed by atoms with Crippen molar-refractivity contribution in [2.45, 2.75) is 39.2 Å². The van der Waals surface area contributed by atoms with E-state index in [0.29, 0.717) is 6.04 Å². The number of aromatic nitrogens is 1. The zero-order chi connectivity index (χ0) is 13.5. The molecule has 0 saturated carbocycles. The molecule has 0 aliphatic carbocycles. The van der Waals surface area contributed by atoms with E-state index in [4.69, 9.17) is 0 Å². The number of hydrogen-bond acceptors (Lipinski definition) is 3. The lowest BCUT2D eigenvalue weighted by molar-refractivity contribution is 0.158. The number of hydrogen-bond donors (Lipinski definition) is 1. The molecule has 2 rings (SSSR count). The fraction of sp³-hybridized carbons (Fsp3) is 0.688. The van der Waals surface area contributed by atoms with Gasteiger partial charge in [0.25, 0.3) is 0 Å². The lowest BCUT2D eigenvalue weighted by Gasteiger charge is -2.33. The largest absolute Gasteiger partial charge is 0.317 e. The Bertz CT molecular complexity index is 346. The predicted octanol–water partition coefficient (Wildman–Crippen LogP) is 2.85. The van der Waals surface area contributed by atoms with Crippen molar-refractivity contribution in [3.8, 4) is 0 Å². The summed E-state index contributed by atoms with van der Waals surface area (Å²) >= 11 is 0. The Kier molecular flexibility index (Phi) is 5.80. The van der Waals surface area contributed by atoms with E-state index in [-0.39, 0.29) is 0 Å². The average molecular weight is 261 g/mol. The number of nitrogens with zero attached hydrogens (tertiary/aromatic N) is 2. The number of pyridine rings is 1. The van der Waals surface area contributed by atoms with E-state index in [1.54, 1.807) is 0 Å². The van der Waals surface area contributed by atoms with Crippen molar-refractivity contribution >= 4 is 0 Å². The van der Waals surface area contributed by atoms with E-state index < -0.39 is 0 Å². The Morgan fingerprint density at radius 2 is 2.16 bits per heavy atom. The van der Waals surface area contributed by atoms with Gasteiger partial charge in [-0.3, -0.25) is 9.88 Å². The first-order valence-corrected chi connectivity index (χ1v) is 7.67. The first-order chi connectivity index (χ1) is 9.31. The maximum absolute atomic E-state index is 4.52. The maximum atomic E-state index is 4.52. The SMILES string of the molecule is CCCN(CC1CCNCC1)C(C)c1ccccn1. The molecule has 3 nitrogen and oxygen atoms in total. The van der Waals surface area contributed by atoms with Crippen LogP contribution in [0.15, 0.2) is 24.4 Å². The van der Waals surface area contributed by atoms with Crippen LogP contribution < -0.4 is 5.32 Å². The summed E-state index contributed by atoms with van der Waals surface area (Å²) in [5.41, 5.74) is 1.20. The van der Waals surface area contributed by atoms with Crippen LogP contribution >= 0.6 is 0 Å². The molecule has 0 amide bonds. The first kappa shape index (κ1) is 14.5. The second-order valence-electron chi connectivity index (χ2n) is 5.62.